The van der Waals surface area contributed by atoms with Gasteiger partial charge in [-0.15, -0.1) is 0 Å². The van der Waals surface area contributed by atoms with Gasteiger partial charge in [0.05, 0.1) is 25.4 Å². The predicted octanol–water partition coefficient (Wildman–Crippen LogP) is 4.16. The number of nitrogens with zero attached hydrogens (tertiary/aromatic N) is 3. The molecule has 0 bridgehead atoms. The summed E-state index contributed by atoms with van der Waals surface area (Å²) < 4.78 is 10.7. The van der Waals surface area contributed by atoms with E-state index in [1.807, 2.05) is 36.4 Å². The van der Waals surface area contributed by atoms with Crippen molar-refractivity contribution in [2.24, 2.45) is 0 Å². The molecular weight excluding hydrogens is 378 g/mol. The van der Waals surface area contributed by atoms with E-state index in [9.17, 15) is 0 Å². The van der Waals surface area contributed by atoms with E-state index in [1.165, 1.54) is 0 Å². The molecule has 7 heteroatoms. The number of ether oxygens (including phenoxy) is 2. The van der Waals surface area contributed by atoms with Crippen molar-refractivity contribution in [1.29, 1.82) is 0 Å². The van der Waals surface area contributed by atoms with Crippen LogP contribution in [0.3, 0.4) is 0 Å². The maximum absolute atomic E-state index is 5.40. The van der Waals surface area contributed by atoms with Crippen LogP contribution in [0.15, 0.2) is 42.5 Å². The third-order valence-corrected chi connectivity index (χ3v) is 5.05. The van der Waals surface area contributed by atoms with Gasteiger partial charge in [-0.05, 0) is 69.5 Å². The molecule has 0 saturated carbocycles. The molecule has 2 N–H and O–H groups in total. The summed E-state index contributed by atoms with van der Waals surface area (Å²) in [6.07, 6.45) is 1.02. The average molecular weight is 406 g/mol. The van der Waals surface area contributed by atoms with Crippen LogP contribution >= 0.6 is 0 Å². The van der Waals surface area contributed by atoms with Crippen LogP contribution in [0.1, 0.15) is 6.42 Å². The molecule has 0 aliphatic carbocycles. The quantitative estimate of drug-likeness (QED) is 0.429. The Bertz CT molecular complexity index is 1170. The van der Waals surface area contributed by atoms with Crippen molar-refractivity contribution in [3.8, 4) is 23.0 Å². The summed E-state index contributed by atoms with van der Waals surface area (Å²) in [5.41, 5.74) is 2.75. The lowest BCUT2D eigenvalue weighted by Crippen LogP contribution is -2.17. The van der Waals surface area contributed by atoms with Crippen LogP contribution in [-0.4, -0.2) is 61.3 Å². The van der Waals surface area contributed by atoms with Gasteiger partial charge in [-0.2, -0.15) is 0 Å². The third kappa shape index (κ3) is 4.16. The normalized spacial score (nSPS) is 11.4. The Morgan fingerprint density at radius 1 is 0.967 bits per heavy atom. The summed E-state index contributed by atoms with van der Waals surface area (Å²) in [7, 11) is 7.49. The molecule has 4 rings (SSSR count). The highest BCUT2D eigenvalue weighted by molar-refractivity contribution is 5.92. The van der Waals surface area contributed by atoms with E-state index in [1.54, 1.807) is 14.2 Å². The molecule has 30 heavy (non-hydrogen) atoms. The summed E-state index contributed by atoms with van der Waals surface area (Å²) in [6, 6.07) is 13.9. The largest absolute Gasteiger partial charge is 0.497 e. The first-order valence-electron chi connectivity index (χ1n) is 9.99. The van der Waals surface area contributed by atoms with Crippen molar-refractivity contribution >= 4 is 27.6 Å². The fourth-order valence-corrected chi connectivity index (χ4v) is 3.45. The molecule has 4 aromatic rings. The third-order valence-electron chi connectivity index (χ3n) is 5.05. The minimum atomic E-state index is 0.651. The van der Waals surface area contributed by atoms with Crippen LogP contribution in [0.25, 0.3) is 33.3 Å². The number of hydrogen-bond donors (Lipinski definition) is 2. The molecule has 0 spiro atoms. The Balaban J connectivity index is 1.74. The maximum Gasteiger partial charge on any atom is 0.178 e. The van der Waals surface area contributed by atoms with Gasteiger partial charge in [-0.25, -0.2) is 9.97 Å². The fraction of sp³-hybridized carbons (Fsp3) is 0.304. The average Bonchev–Trinajstić information content (AvgIpc) is 3.19. The van der Waals surface area contributed by atoms with Crippen molar-refractivity contribution in [2.75, 3.05) is 46.7 Å². The van der Waals surface area contributed by atoms with Gasteiger partial charge in [0.25, 0.3) is 0 Å². The number of fused-ring (bicyclic) bond motifs is 2. The predicted molar refractivity (Wildman–Crippen MR) is 122 cm³/mol. The number of hydrogen-bond acceptors (Lipinski definition) is 6. The zero-order valence-electron chi connectivity index (χ0n) is 17.8. The summed E-state index contributed by atoms with van der Waals surface area (Å²) in [6.45, 7) is 1.83. The molecule has 156 valence electrons. The lowest BCUT2D eigenvalue weighted by molar-refractivity contribution is 0.405. The first kappa shape index (κ1) is 20.0. The van der Waals surface area contributed by atoms with Crippen LogP contribution in [-0.2, 0) is 0 Å². The zero-order chi connectivity index (χ0) is 21.1. The maximum atomic E-state index is 5.40. The fourth-order valence-electron chi connectivity index (χ4n) is 3.45. The van der Waals surface area contributed by atoms with E-state index < -0.39 is 0 Å². The van der Waals surface area contributed by atoms with Gasteiger partial charge in [0.2, 0.25) is 0 Å². The number of methoxy groups -OCH3 is 2. The Kier molecular flexibility index (Phi) is 5.72. The van der Waals surface area contributed by atoms with E-state index in [0.29, 0.717) is 5.82 Å². The molecule has 0 unspecified atom stereocenters. The van der Waals surface area contributed by atoms with Crippen molar-refractivity contribution in [3.63, 3.8) is 0 Å². The highest BCUT2D eigenvalue weighted by Crippen LogP contribution is 2.30. The standard InChI is InChI=1S/C23H27N5O2/c1-28(2)11-5-10-24-22-18-14-17(30-4)7-9-20(18)26-23(27-22)21-13-15-12-16(29-3)6-8-19(15)25-21/h6-9,12-14,25H,5,10-11H2,1-4H3,(H,24,26,27). The SMILES string of the molecule is COc1ccc2[nH]c(-c3nc(NCCCN(C)C)c4cc(OC)ccc4n3)cc2c1. The minimum Gasteiger partial charge on any atom is -0.497 e. The molecule has 0 radical (unpaired) electrons. The number of aromatic amines is 1. The van der Waals surface area contributed by atoms with Gasteiger partial charge in [0, 0.05) is 22.8 Å². The van der Waals surface area contributed by atoms with Crippen molar-refractivity contribution in [3.05, 3.63) is 42.5 Å². The van der Waals surface area contributed by atoms with E-state index >= 15 is 0 Å². The van der Waals surface area contributed by atoms with Crippen molar-refractivity contribution < 1.29 is 9.47 Å². The van der Waals surface area contributed by atoms with Gasteiger partial charge in [0.15, 0.2) is 5.82 Å². The second-order valence-corrected chi connectivity index (χ2v) is 7.50. The molecule has 0 aliphatic rings. The smallest absolute Gasteiger partial charge is 0.178 e. The number of nitrogens with one attached hydrogen (secondary N) is 2. The Labute approximate surface area is 176 Å². The summed E-state index contributed by atoms with van der Waals surface area (Å²) >= 11 is 0. The monoisotopic (exact) mass is 405 g/mol. The lowest BCUT2D eigenvalue weighted by atomic mass is 10.2. The van der Waals surface area contributed by atoms with Crippen molar-refractivity contribution in [2.45, 2.75) is 6.42 Å². The molecule has 2 aromatic carbocycles. The number of H-pyrrole nitrogens is 1. The number of aromatic nitrogens is 3. The molecule has 0 aliphatic heterocycles. The number of rotatable bonds is 8. The first-order chi connectivity index (χ1) is 14.6. The molecule has 0 amide bonds. The molecule has 0 saturated heterocycles. The minimum absolute atomic E-state index is 0.651. The summed E-state index contributed by atoms with van der Waals surface area (Å²) in [5, 5.41) is 5.49. The Morgan fingerprint density at radius 2 is 1.73 bits per heavy atom. The van der Waals surface area contributed by atoms with Gasteiger partial charge in [-0.3, -0.25) is 0 Å². The van der Waals surface area contributed by atoms with Crippen LogP contribution in [0.2, 0.25) is 0 Å². The van der Waals surface area contributed by atoms with Crippen LogP contribution in [0, 0.1) is 0 Å². The number of anilines is 1. The van der Waals surface area contributed by atoms with Crippen LogP contribution < -0.4 is 14.8 Å². The summed E-state index contributed by atoms with van der Waals surface area (Å²) in [4.78, 5) is 15.2. The van der Waals surface area contributed by atoms with E-state index in [2.05, 4.69) is 35.4 Å². The van der Waals surface area contributed by atoms with Crippen molar-refractivity contribution in [1.82, 2.24) is 19.9 Å². The Hall–Kier alpha value is -3.32. The van der Waals surface area contributed by atoms with Gasteiger partial charge in [0.1, 0.15) is 17.3 Å². The molecule has 7 nitrogen and oxygen atoms in total. The number of benzene rings is 2. The first-order valence-corrected chi connectivity index (χ1v) is 9.99. The molecule has 0 atom stereocenters. The van der Waals surface area contributed by atoms with E-state index in [-0.39, 0.29) is 0 Å². The molecule has 0 fully saturated rings. The molecule has 2 aromatic heterocycles. The highest BCUT2D eigenvalue weighted by atomic mass is 16.5. The summed E-state index contributed by atoms with van der Waals surface area (Å²) in [5.74, 6) is 3.07. The van der Waals surface area contributed by atoms with E-state index in [4.69, 9.17) is 19.4 Å². The second kappa shape index (κ2) is 8.59. The van der Waals surface area contributed by atoms with Crippen LogP contribution in [0.5, 0.6) is 11.5 Å². The zero-order valence-corrected chi connectivity index (χ0v) is 17.8. The second-order valence-electron chi connectivity index (χ2n) is 7.50. The van der Waals surface area contributed by atoms with Crippen LogP contribution in [0.4, 0.5) is 5.82 Å². The van der Waals surface area contributed by atoms with Gasteiger partial charge >= 0.3 is 0 Å². The Morgan fingerprint density at radius 3 is 2.50 bits per heavy atom. The topological polar surface area (TPSA) is 75.3 Å². The van der Waals surface area contributed by atoms with E-state index in [0.717, 1.165) is 64.3 Å². The molecule has 2 heterocycles. The lowest BCUT2D eigenvalue weighted by Gasteiger charge is -2.13. The highest BCUT2D eigenvalue weighted by Gasteiger charge is 2.13. The molecular formula is C23H27N5O2. The van der Waals surface area contributed by atoms with Gasteiger partial charge < -0.3 is 24.7 Å². The van der Waals surface area contributed by atoms with Gasteiger partial charge in [-0.1, -0.05) is 0 Å².